The molecule has 0 aliphatic rings. The van der Waals surface area contributed by atoms with Crippen molar-refractivity contribution in [3.05, 3.63) is 29.8 Å². The summed E-state index contributed by atoms with van der Waals surface area (Å²) in [7, 11) is 2.00. The molecule has 0 saturated carbocycles. The third kappa shape index (κ3) is 6.61. The summed E-state index contributed by atoms with van der Waals surface area (Å²) in [6.45, 7) is 4.36. The third-order valence-corrected chi connectivity index (χ3v) is 2.47. The number of Topliss-reactive ketones (excluding diaryl/α,β-unsaturated/α-hetero) is 1. The van der Waals surface area contributed by atoms with Crippen LogP contribution in [0.2, 0.25) is 0 Å². The molecule has 1 rings (SSSR count). The molecule has 19 heavy (non-hydrogen) atoms. The van der Waals surface area contributed by atoms with E-state index in [-0.39, 0.29) is 5.78 Å². The van der Waals surface area contributed by atoms with Crippen molar-refractivity contribution in [2.45, 2.75) is 6.92 Å². The summed E-state index contributed by atoms with van der Waals surface area (Å²) >= 11 is 0. The van der Waals surface area contributed by atoms with Crippen LogP contribution in [-0.4, -0.2) is 44.0 Å². The quantitative estimate of drug-likeness (QED) is 0.772. The SMILES string of the molecule is CC(=O)C#Cc1cccc(OCCN(C)CCN)c1. The Bertz CT molecular complexity index is 475. The van der Waals surface area contributed by atoms with E-state index in [2.05, 4.69) is 16.7 Å². The molecule has 1 aromatic rings. The number of carbonyl (C=O) groups excluding carboxylic acids is 1. The first-order chi connectivity index (χ1) is 9.11. The largest absolute Gasteiger partial charge is 0.492 e. The molecule has 0 aromatic heterocycles. The van der Waals surface area contributed by atoms with Crippen molar-refractivity contribution in [3.63, 3.8) is 0 Å². The smallest absolute Gasteiger partial charge is 0.202 e. The molecule has 0 bridgehead atoms. The lowest BCUT2D eigenvalue weighted by molar-refractivity contribution is -0.111. The molecular formula is C15H20N2O2. The van der Waals surface area contributed by atoms with E-state index in [1.807, 2.05) is 31.3 Å². The first-order valence-corrected chi connectivity index (χ1v) is 6.26. The molecule has 0 aliphatic carbocycles. The van der Waals surface area contributed by atoms with E-state index >= 15 is 0 Å². The van der Waals surface area contributed by atoms with E-state index < -0.39 is 0 Å². The van der Waals surface area contributed by atoms with Gasteiger partial charge in [0.25, 0.3) is 0 Å². The van der Waals surface area contributed by atoms with Crippen LogP contribution in [0.15, 0.2) is 24.3 Å². The highest BCUT2D eigenvalue weighted by molar-refractivity contribution is 5.93. The number of benzene rings is 1. The number of likely N-dealkylation sites (N-methyl/N-ethyl adjacent to an activating group) is 1. The zero-order valence-electron chi connectivity index (χ0n) is 11.5. The predicted molar refractivity (Wildman–Crippen MR) is 76.0 cm³/mol. The van der Waals surface area contributed by atoms with Crippen LogP contribution in [0.5, 0.6) is 5.75 Å². The van der Waals surface area contributed by atoms with Gasteiger partial charge in [-0.05, 0) is 31.2 Å². The van der Waals surface area contributed by atoms with Gasteiger partial charge < -0.3 is 15.4 Å². The maximum Gasteiger partial charge on any atom is 0.202 e. The van der Waals surface area contributed by atoms with Crippen LogP contribution in [0.25, 0.3) is 0 Å². The number of hydrogen-bond donors (Lipinski definition) is 1. The topological polar surface area (TPSA) is 55.6 Å². The number of carbonyl (C=O) groups is 1. The highest BCUT2D eigenvalue weighted by Crippen LogP contribution is 2.12. The average molecular weight is 260 g/mol. The van der Waals surface area contributed by atoms with Crippen molar-refractivity contribution in [3.8, 4) is 17.6 Å². The number of hydrogen-bond acceptors (Lipinski definition) is 4. The number of ether oxygens (including phenoxy) is 1. The molecule has 4 nitrogen and oxygen atoms in total. The lowest BCUT2D eigenvalue weighted by Gasteiger charge is -2.15. The molecule has 0 saturated heterocycles. The average Bonchev–Trinajstić information content (AvgIpc) is 2.37. The normalized spacial score (nSPS) is 9.89. The maximum absolute atomic E-state index is 10.8. The zero-order valence-corrected chi connectivity index (χ0v) is 11.5. The van der Waals surface area contributed by atoms with Gasteiger partial charge in [0.2, 0.25) is 5.78 Å². The van der Waals surface area contributed by atoms with E-state index in [0.717, 1.165) is 24.4 Å². The van der Waals surface area contributed by atoms with Gasteiger partial charge in [-0.1, -0.05) is 12.0 Å². The zero-order chi connectivity index (χ0) is 14.1. The fourth-order valence-electron chi connectivity index (χ4n) is 1.48. The molecule has 2 N–H and O–H groups in total. The molecule has 0 amide bonds. The Morgan fingerprint density at radius 1 is 1.42 bits per heavy atom. The highest BCUT2D eigenvalue weighted by Gasteiger charge is 1.98. The summed E-state index contributed by atoms with van der Waals surface area (Å²) < 4.78 is 5.64. The fourth-order valence-corrected chi connectivity index (χ4v) is 1.48. The standard InChI is InChI=1S/C15H20N2O2/c1-13(18)6-7-14-4-3-5-15(12-14)19-11-10-17(2)9-8-16/h3-5,12H,8-11,16H2,1-2H3. The number of nitrogens with zero attached hydrogens (tertiary/aromatic N) is 1. The monoisotopic (exact) mass is 260 g/mol. The Hall–Kier alpha value is -1.83. The predicted octanol–water partition coefficient (Wildman–Crippen LogP) is 0.896. The second kappa shape index (κ2) is 8.30. The Kier molecular flexibility index (Phi) is 6.65. The van der Waals surface area contributed by atoms with Gasteiger partial charge in [-0.15, -0.1) is 0 Å². The van der Waals surface area contributed by atoms with Crippen molar-refractivity contribution in [1.29, 1.82) is 0 Å². The first-order valence-electron chi connectivity index (χ1n) is 6.26. The van der Waals surface area contributed by atoms with Crippen molar-refractivity contribution in [2.24, 2.45) is 5.73 Å². The van der Waals surface area contributed by atoms with E-state index in [0.29, 0.717) is 13.2 Å². The van der Waals surface area contributed by atoms with Gasteiger partial charge in [0.05, 0.1) is 0 Å². The lowest BCUT2D eigenvalue weighted by Crippen LogP contribution is -2.29. The van der Waals surface area contributed by atoms with Crippen LogP contribution in [-0.2, 0) is 4.79 Å². The second-order valence-corrected chi connectivity index (χ2v) is 4.27. The molecule has 102 valence electrons. The van der Waals surface area contributed by atoms with Gasteiger partial charge in [0, 0.05) is 32.1 Å². The number of ketones is 1. The Labute approximate surface area is 114 Å². The van der Waals surface area contributed by atoms with Gasteiger partial charge in [0.15, 0.2) is 0 Å². The molecule has 4 heteroatoms. The summed E-state index contributed by atoms with van der Waals surface area (Å²) in [5.74, 6) is 5.93. The minimum Gasteiger partial charge on any atom is -0.492 e. The molecule has 0 heterocycles. The van der Waals surface area contributed by atoms with Gasteiger partial charge in [0.1, 0.15) is 12.4 Å². The minimum atomic E-state index is -0.144. The highest BCUT2D eigenvalue weighted by atomic mass is 16.5. The summed E-state index contributed by atoms with van der Waals surface area (Å²) in [6.07, 6.45) is 0. The van der Waals surface area contributed by atoms with Crippen LogP contribution in [0.4, 0.5) is 0 Å². The van der Waals surface area contributed by atoms with Crippen LogP contribution in [0.3, 0.4) is 0 Å². The molecule has 0 fully saturated rings. The van der Waals surface area contributed by atoms with Gasteiger partial charge in [-0.3, -0.25) is 4.79 Å². The number of rotatable bonds is 6. The van der Waals surface area contributed by atoms with Crippen LogP contribution in [0.1, 0.15) is 12.5 Å². The van der Waals surface area contributed by atoms with E-state index in [4.69, 9.17) is 10.5 Å². The summed E-state index contributed by atoms with van der Waals surface area (Å²) in [4.78, 5) is 12.9. The van der Waals surface area contributed by atoms with E-state index in [9.17, 15) is 4.79 Å². The molecule has 0 spiro atoms. The van der Waals surface area contributed by atoms with Crippen molar-refractivity contribution >= 4 is 5.78 Å². The summed E-state index contributed by atoms with van der Waals surface area (Å²) in [5, 5.41) is 0. The van der Waals surface area contributed by atoms with Crippen LogP contribution >= 0.6 is 0 Å². The van der Waals surface area contributed by atoms with Gasteiger partial charge in [-0.2, -0.15) is 0 Å². The molecule has 0 aliphatic heterocycles. The fraction of sp³-hybridized carbons (Fsp3) is 0.400. The van der Waals surface area contributed by atoms with Crippen LogP contribution < -0.4 is 10.5 Å². The Balaban J connectivity index is 2.49. The summed E-state index contributed by atoms with van der Waals surface area (Å²) in [5.41, 5.74) is 6.25. The van der Waals surface area contributed by atoms with Gasteiger partial charge >= 0.3 is 0 Å². The van der Waals surface area contributed by atoms with Gasteiger partial charge in [-0.25, -0.2) is 0 Å². The number of nitrogens with two attached hydrogens (primary N) is 1. The lowest BCUT2D eigenvalue weighted by atomic mass is 10.2. The summed E-state index contributed by atoms with van der Waals surface area (Å²) in [6, 6.07) is 7.42. The minimum absolute atomic E-state index is 0.144. The first kappa shape index (κ1) is 15.2. The molecular weight excluding hydrogens is 240 g/mol. The molecule has 0 unspecified atom stereocenters. The maximum atomic E-state index is 10.8. The van der Waals surface area contributed by atoms with E-state index in [1.54, 1.807) is 0 Å². The third-order valence-electron chi connectivity index (χ3n) is 2.47. The second-order valence-electron chi connectivity index (χ2n) is 4.27. The molecule has 0 atom stereocenters. The van der Waals surface area contributed by atoms with Crippen LogP contribution in [0, 0.1) is 11.8 Å². The van der Waals surface area contributed by atoms with Crippen molar-refractivity contribution < 1.29 is 9.53 Å². The molecule has 1 aromatic carbocycles. The molecule has 0 radical (unpaired) electrons. The Morgan fingerprint density at radius 3 is 2.89 bits per heavy atom. The Morgan fingerprint density at radius 2 is 2.21 bits per heavy atom. The van der Waals surface area contributed by atoms with Crippen molar-refractivity contribution in [2.75, 3.05) is 33.3 Å². The van der Waals surface area contributed by atoms with E-state index in [1.165, 1.54) is 6.92 Å². The van der Waals surface area contributed by atoms with Crippen molar-refractivity contribution in [1.82, 2.24) is 4.90 Å².